The van der Waals surface area contributed by atoms with Crippen molar-refractivity contribution >= 4 is 17.1 Å². The lowest BCUT2D eigenvalue weighted by atomic mass is 10.1. The van der Waals surface area contributed by atoms with Crippen LogP contribution in [0.2, 0.25) is 0 Å². The van der Waals surface area contributed by atoms with Crippen molar-refractivity contribution in [1.82, 2.24) is 0 Å². The van der Waals surface area contributed by atoms with Crippen molar-refractivity contribution in [2.24, 2.45) is 0 Å². The van der Waals surface area contributed by atoms with E-state index < -0.39 is 0 Å². The molecule has 0 bridgehead atoms. The first-order valence-electron chi connectivity index (χ1n) is 4.32. The molecule has 2 heteroatoms. The molecular weight excluding hydrogens is 180 g/mol. The van der Waals surface area contributed by atoms with Crippen LogP contribution in [0.5, 0.6) is 0 Å². The Morgan fingerprint density at radius 3 is 3.08 bits per heavy atom. The zero-order valence-corrected chi connectivity index (χ0v) is 8.49. The van der Waals surface area contributed by atoms with Gasteiger partial charge < -0.3 is 0 Å². The van der Waals surface area contributed by atoms with Gasteiger partial charge in [0.2, 0.25) is 0 Å². The normalized spacial score (nSPS) is 9.54. The lowest BCUT2D eigenvalue weighted by Crippen LogP contribution is -1.98. The van der Waals surface area contributed by atoms with Crippen molar-refractivity contribution in [2.75, 3.05) is 0 Å². The smallest absolute Gasteiger partial charge is 0.174 e. The van der Waals surface area contributed by atoms with Crippen LogP contribution < -0.4 is 0 Å². The van der Waals surface area contributed by atoms with E-state index in [9.17, 15) is 4.79 Å². The van der Waals surface area contributed by atoms with Crippen LogP contribution in [0, 0.1) is 12.3 Å². The van der Waals surface area contributed by atoms with E-state index in [1.165, 1.54) is 11.3 Å². The molecule has 0 spiro atoms. The van der Waals surface area contributed by atoms with Crippen LogP contribution >= 0.6 is 11.3 Å². The quantitative estimate of drug-likeness (QED) is 0.529. The van der Waals surface area contributed by atoms with Gasteiger partial charge in [0.1, 0.15) is 0 Å². The van der Waals surface area contributed by atoms with Gasteiger partial charge in [-0.05, 0) is 23.4 Å². The number of thiophene rings is 1. The second kappa shape index (κ2) is 4.84. The van der Waals surface area contributed by atoms with Crippen LogP contribution in [-0.4, -0.2) is 5.78 Å². The highest BCUT2D eigenvalue weighted by Gasteiger charge is 2.10. The molecule has 0 N–H and O–H groups in total. The summed E-state index contributed by atoms with van der Waals surface area (Å²) in [5.74, 6) is 2.67. The fourth-order valence-corrected chi connectivity index (χ4v) is 2.12. The molecule has 0 unspecified atom stereocenters. The second-order valence-electron chi connectivity index (χ2n) is 2.76. The van der Waals surface area contributed by atoms with Gasteiger partial charge in [0.25, 0.3) is 0 Å². The van der Waals surface area contributed by atoms with Crippen LogP contribution in [0.15, 0.2) is 11.4 Å². The number of hydrogen-bond acceptors (Lipinski definition) is 2. The van der Waals surface area contributed by atoms with Crippen LogP contribution in [0.25, 0.3) is 0 Å². The van der Waals surface area contributed by atoms with E-state index in [0.717, 1.165) is 16.9 Å². The fourth-order valence-electron chi connectivity index (χ4n) is 1.16. The van der Waals surface area contributed by atoms with Crippen molar-refractivity contribution in [3.05, 3.63) is 21.9 Å². The topological polar surface area (TPSA) is 17.1 Å². The zero-order valence-electron chi connectivity index (χ0n) is 7.67. The SMILES string of the molecule is C#CCCC(=O)c1sccc1CC. The summed E-state index contributed by atoms with van der Waals surface area (Å²) in [6.45, 7) is 2.06. The minimum absolute atomic E-state index is 0.185. The summed E-state index contributed by atoms with van der Waals surface area (Å²) < 4.78 is 0. The molecule has 1 aromatic heterocycles. The number of hydrogen-bond donors (Lipinski definition) is 0. The Morgan fingerprint density at radius 1 is 1.69 bits per heavy atom. The number of aryl methyl sites for hydroxylation is 1. The van der Waals surface area contributed by atoms with Crippen molar-refractivity contribution in [3.63, 3.8) is 0 Å². The maximum absolute atomic E-state index is 11.6. The fraction of sp³-hybridized carbons (Fsp3) is 0.364. The van der Waals surface area contributed by atoms with Crippen molar-refractivity contribution in [2.45, 2.75) is 26.2 Å². The Kier molecular flexibility index (Phi) is 3.72. The van der Waals surface area contributed by atoms with Crippen LogP contribution in [0.1, 0.15) is 35.0 Å². The van der Waals surface area contributed by atoms with E-state index in [-0.39, 0.29) is 5.78 Å². The Balaban J connectivity index is 2.71. The highest BCUT2D eigenvalue weighted by molar-refractivity contribution is 7.12. The van der Waals surface area contributed by atoms with Gasteiger partial charge in [0.15, 0.2) is 5.78 Å². The van der Waals surface area contributed by atoms with E-state index in [4.69, 9.17) is 6.42 Å². The number of carbonyl (C=O) groups excluding carboxylic acids is 1. The van der Waals surface area contributed by atoms with E-state index >= 15 is 0 Å². The molecule has 68 valence electrons. The Labute approximate surface area is 82.8 Å². The molecule has 0 amide bonds. The summed E-state index contributed by atoms with van der Waals surface area (Å²) in [5, 5.41) is 1.96. The first-order chi connectivity index (χ1) is 6.29. The predicted molar refractivity (Wildman–Crippen MR) is 56.1 cm³/mol. The predicted octanol–water partition coefficient (Wildman–Crippen LogP) is 2.91. The first kappa shape index (κ1) is 10.0. The van der Waals surface area contributed by atoms with E-state index in [1.54, 1.807) is 0 Å². The lowest BCUT2D eigenvalue weighted by Gasteiger charge is -1.97. The molecule has 1 heterocycles. The largest absolute Gasteiger partial charge is 0.293 e. The van der Waals surface area contributed by atoms with Crippen LogP contribution in [0.4, 0.5) is 0 Å². The molecule has 0 fully saturated rings. The molecule has 0 aliphatic heterocycles. The third kappa shape index (κ3) is 2.43. The highest BCUT2D eigenvalue weighted by atomic mass is 32.1. The van der Waals surface area contributed by atoms with Crippen LogP contribution in [-0.2, 0) is 6.42 Å². The minimum atomic E-state index is 0.185. The number of rotatable bonds is 4. The average molecular weight is 192 g/mol. The third-order valence-electron chi connectivity index (χ3n) is 1.88. The standard InChI is InChI=1S/C11H12OS/c1-3-5-6-10(12)11-9(4-2)7-8-13-11/h1,7-8H,4-6H2,2H3. The van der Waals surface area contributed by atoms with E-state index in [0.29, 0.717) is 12.8 Å². The molecule has 0 saturated heterocycles. The van der Waals surface area contributed by atoms with Gasteiger partial charge in [-0.2, -0.15) is 0 Å². The zero-order chi connectivity index (χ0) is 9.68. The first-order valence-corrected chi connectivity index (χ1v) is 5.20. The highest BCUT2D eigenvalue weighted by Crippen LogP contribution is 2.19. The summed E-state index contributed by atoms with van der Waals surface area (Å²) in [6, 6.07) is 2.01. The summed E-state index contributed by atoms with van der Waals surface area (Å²) in [4.78, 5) is 12.4. The van der Waals surface area contributed by atoms with Gasteiger partial charge in [-0.1, -0.05) is 6.92 Å². The summed E-state index contributed by atoms with van der Waals surface area (Å²) in [7, 11) is 0. The van der Waals surface area contributed by atoms with Crippen LogP contribution in [0.3, 0.4) is 0 Å². The minimum Gasteiger partial charge on any atom is -0.293 e. The van der Waals surface area contributed by atoms with Gasteiger partial charge >= 0.3 is 0 Å². The van der Waals surface area contributed by atoms with Gasteiger partial charge in [0, 0.05) is 12.8 Å². The number of carbonyl (C=O) groups is 1. The molecule has 0 aliphatic carbocycles. The van der Waals surface area contributed by atoms with E-state index in [2.05, 4.69) is 12.8 Å². The molecule has 0 radical (unpaired) electrons. The molecule has 0 aliphatic rings. The third-order valence-corrected chi connectivity index (χ3v) is 2.88. The Bertz CT molecular complexity index is 330. The summed E-state index contributed by atoms with van der Waals surface area (Å²) >= 11 is 1.51. The maximum Gasteiger partial charge on any atom is 0.174 e. The molecular formula is C11H12OS. The average Bonchev–Trinajstić information content (AvgIpc) is 2.61. The Hall–Kier alpha value is -1.07. The van der Waals surface area contributed by atoms with Gasteiger partial charge in [-0.25, -0.2) is 0 Å². The number of Topliss-reactive ketones (excluding diaryl/α,β-unsaturated/α-hetero) is 1. The molecule has 0 atom stereocenters. The molecule has 0 aromatic carbocycles. The van der Waals surface area contributed by atoms with Gasteiger partial charge in [0.05, 0.1) is 4.88 Å². The molecule has 1 rings (SSSR count). The van der Waals surface area contributed by atoms with Crippen molar-refractivity contribution in [1.29, 1.82) is 0 Å². The van der Waals surface area contributed by atoms with Gasteiger partial charge in [-0.3, -0.25) is 4.79 Å². The molecule has 13 heavy (non-hydrogen) atoms. The molecule has 1 aromatic rings. The summed E-state index contributed by atoms with van der Waals surface area (Å²) in [6.07, 6.45) is 7.04. The lowest BCUT2D eigenvalue weighted by molar-refractivity contribution is 0.0987. The second-order valence-corrected chi connectivity index (χ2v) is 3.67. The number of terminal acetylenes is 1. The molecule has 0 saturated carbocycles. The monoisotopic (exact) mass is 192 g/mol. The maximum atomic E-state index is 11.6. The Morgan fingerprint density at radius 2 is 2.46 bits per heavy atom. The summed E-state index contributed by atoms with van der Waals surface area (Å²) in [5.41, 5.74) is 1.15. The van der Waals surface area contributed by atoms with Crippen molar-refractivity contribution < 1.29 is 4.79 Å². The van der Waals surface area contributed by atoms with E-state index in [1.807, 2.05) is 11.4 Å². The van der Waals surface area contributed by atoms with Crippen molar-refractivity contribution in [3.8, 4) is 12.3 Å². The number of ketones is 1. The van der Waals surface area contributed by atoms with Gasteiger partial charge in [-0.15, -0.1) is 23.7 Å². The molecule has 1 nitrogen and oxygen atoms in total.